The molecule has 1 aliphatic carbocycles. The number of carbonyl (C=O) groups excluding carboxylic acids is 1. The number of likely N-dealkylation sites (tertiary alicyclic amines) is 1. The van der Waals surface area contributed by atoms with Crippen LogP contribution in [0.15, 0.2) is 30.3 Å². The Morgan fingerprint density at radius 3 is 2.46 bits per heavy atom. The van der Waals surface area contributed by atoms with E-state index < -0.39 is 11.4 Å². The molecule has 1 aliphatic heterocycles. The number of rotatable bonds is 8. The summed E-state index contributed by atoms with van der Waals surface area (Å²) in [5, 5.41) is 22.6. The number of benzene rings is 1. The first kappa shape index (κ1) is 28.6. The molecule has 1 aromatic carbocycles. The van der Waals surface area contributed by atoms with E-state index in [1.54, 1.807) is 13.0 Å². The number of nitrogens with zero attached hydrogens (tertiary/aromatic N) is 3. The van der Waals surface area contributed by atoms with Crippen molar-refractivity contribution >= 4 is 17.7 Å². The second kappa shape index (κ2) is 12.6. The largest absolute Gasteiger partial charge is 0.475 e. The predicted octanol–water partition coefficient (Wildman–Crippen LogP) is 5.91. The average Bonchev–Trinajstić information content (AvgIpc) is 2.93. The first-order chi connectivity index (χ1) is 18.8. The summed E-state index contributed by atoms with van der Waals surface area (Å²) in [5.41, 5.74) is 2.72. The second-order valence-corrected chi connectivity index (χ2v) is 11.0. The zero-order chi connectivity index (χ0) is 28.0. The molecule has 2 aliphatic rings. The van der Waals surface area contributed by atoms with Crippen molar-refractivity contribution in [2.24, 2.45) is 0 Å². The number of ether oxygens (including phenoxy) is 2. The molecule has 0 spiro atoms. The highest BCUT2D eigenvalue weighted by molar-refractivity contribution is 6.05. The molecule has 2 aromatic rings. The Hall–Kier alpha value is -3.44. The van der Waals surface area contributed by atoms with E-state index in [4.69, 9.17) is 14.9 Å². The van der Waals surface area contributed by atoms with E-state index in [9.17, 15) is 10.1 Å². The Labute approximate surface area is 232 Å². The Morgan fingerprint density at radius 1 is 1.21 bits per heavy atom. The molecule has 2 fully saturated rings. The highest BCUT2D eigenvalue weighted by atomic mass is 16.5. The molecule has 1 saturated carbocycles. The summed E-state index contributed by atoms with van der Waals surface area (Å²) in [5.74, 6) is -0.0187. The molecule has 1 aromatic heterocycles. The van der Waals surface area contributed by atoms with Crippen LogP contribution in [0.4, 0.5) is 5.82 Å². The van der Waals surface area contributed by atoms with Crippen LogP contribution in [0.5, 0.6) is 0 Å². The zero-order valence-electron chi connectivity index (χ0n) is 23.7. The van der Waals surface area contributed by atoms with Gasteiger partial charge >= 0.3 is 5.97 Å². The Morgan fingerprint density at radius 2 is 1.87 bits per heavy atom. The molecule has 4 rings (SSSR count). The quantitative estimate of drug-likeness (QED) is 0.247. The molecular formula is C31H41N5O3. The molecular weight excluding hydrogens is 490 g/mol. The van der Waals surface area contributed by atoms with E-state index in [0.29, 0.717) is 16.9 Å². The molecule has 0 amide bonds. The van der Waals surface area contributed by atoms with Crippen LogP contribution < -0.4 is 5.32 Å². The van der Waals surface area contributed by atoms with Crippen molar-refractivity contribution < 1.29 is 14.3 Å². The van der Waals surface area contributed by atoms with Gasteiger partial charge in [-0.2, -0.15) is 5.26 Å². The number of nitrogens with one attached hydrogen (secondary N) is 2. The van der Waals surface area contributed by atoms with Crippen LogP contribution in [0.25, 0.3) is 11.1 Å². The van der Waals surface area contributed by atoms with E-state index in [0.717, 1.165) is 62.7 Å². The normalized spacial score (nSPS) is 17.8. The van der Waals surface area contributed by atoms with Crippen LogP contribution >= 0.6 is 0 Å². The molecule has 1 saturated heterocycles. The molecule has 39 heavy (non-hydrogen) atoms. The molecule has 2 heterocycles. The minimum atomic E-state index is -0.511. The van der Waals surface area contributed by atoms with Crippen molar-refractivity contribution in [1.29, 1.82) is 10.7 Å². The molecule has 0 unspecified atom stereocenters. The van der Waals surface area contributed by atoms with E-state index in [1.165, 1.54) is 6.42 Å². The van der Waals surface area contributed by atoms with Gasteiger partial charge in [0.2, 0.25) is 5.90 Å². The maximum absolute atomic E-state index is 12.9. The molecule has 0 radical (unpaired) electrons. The third-order valence-corrected chi connectivity index (χ3v) is 7.83. The number of esters is 1. The average molecular weight is 532 g/mol. The Bertz CT molecular complexity index is 1200. The highest BCUT2D eigenvalue weighted by Crippen LogP contribution is 2.37. The summed E-state index contributed by atoms with van der Waals surface area (Å²) in [4.78, 5) is 19.8. The summed E-state index contributed by atoms with van der Waals surface area (Å²) in [6.07, 6.45) is 6.89. The fourth-order valence-corrected chi connectivity index (χ4v) is 5.59. The minimum absolute atomic E-state index is 0.00843. The maximum atomic E-state index is 12.9. The fourth-order valence-electron chi connectivity index (χ4n) is 5.59. The van der Waals surface area contributed by atoms with Crippen LogP contribution in [0.1, 0.15) is 87.3 Å². The van der Waals surface area contributed by atoms with Crippen molar-refractivity contribution in [3.05, 3.63) is 47.2 Å². The number of nitriles is 1. The first-order valence-electron chi connectivity index (χ1n) is 14.2. The lowest BCUT2D eigenvalue weighted by Crippen LogP contribution is -2.39. The van der Waals surface area contributed by atoms with Gasteiger partial charge in [-0.05, 0) is 83.8 Å². The first-order valence-corrected chi connectivity index (χ1v) is 14.2. The lowest BCUT2D eigenvalue weighted by atomic mass is 9.74. The van der Waals surface area contributed by atoms with Crippen LogP contribution in [0, 0.1) is 16.7 Å². The predicted molar refractivity (Wildman–Crippen MR) is 153 cm³/mol. The lowest BCUT2D eigenvalue weighted by Gasteiger charge is -2.36. The van der Waals surface area contributed by atoms with Gasteiger partial charge in [-0.25, -0.2) is 9.78 Å². The maximum Gasteiger partial charge on any atom is 0.357 e. The van der Waals surface area contributed by atoms with Gasteiger partial charge < -0.3 is 19.7 Å². The minimum Gasteiger partial charge on any atom is -0.475 e. The van der Waals surface area contributed by atoms with E-state index in [-0.39, 0.29) is 30.3 Å². The number of hydrogen-bond acceptors (Lipinski definition) is 8. The van der Waals surface area contributed by atoms with Gasteiger partial charge in [0.1, 0.15) is 5.82 Å². The monoisotopic (exact) mass is 531 g/mol. The van der Waals surface area contributed by atoms with Gasteiger partial charge in [-0.3, -0.25) is 5.41 Å². The Balaban J connectivity index is 1.81. The van der Waals surface area contributed by atoms with Crippen LogP contribution in [0.2, 0.25) is 0 Å². The van der Waals surface area contributed by atoms with Gasteiger partial charge in [-0.15, -0.1) is 0 Å². The third-order valence-electron chi connectivity index (χ3n) is 7.83. The van der Waals surface area contributed by atoms with E-state index >= 15 is 0 Å². The number of piperidine rings is 1. The topological polar surface area (TPSA) is 111 Å². The second-order valence-electron chi connectivity index (χ2n) is 11.0. The standard InChI is InChI=1S/C31H41N5O3/c1-5-38-30(37)26-19-25(22-11-13-23(14-12-22)31(20-32)15-17-36(4)18-16-31)27(28(33)39-21(2)3)29(35-26)34-24-9-7-6-8-10-24/h11-14,19,21,24,33H,5-10,15-18H2,1-4H3,(H,34,35). The zero-order valence-corrected chi connectivity index (χ0v) is 23.7. The summed E-state index contributed by atoms with van der Waals surface area (Å²) in [6.45, 7) is 7.56. The number of aromatic nitrogens is 1. The van der Waals surface area contributed by atoms with Crippen molar-refractivity contribution in [3.63, 3.8) is 0 Å². The summed E-state index contributed by atoms with van der Waals surface area (Å²) < 4.78 is 11.2. The van der Waals surface area contributed by atoms with Gasteiger partial charge in [0.25, 0.3) is 0 Å². The molecule has 2 N–H and O–H groups in total. The van der Waals surface area contributed by atoms with Gasteiger partial charge in [0.15, 0.2) is 5.69 Å². The van der Waals surface area contributed by atoms with Crippen LogP contribution in [-0.4, -0.2) is 60.6 Å². The molecule has 0 bridgehead atoms. The molecule has 8 heteroatoms. The fraction of sp³-hybridized carbons (Fsp3) is 0.548. The summed E-state index contributed by atoms with van der Waals surface area (Å²) in [7, 11) is 2.09. The van der Waals surface area contributed by atoms with Gasteiger partial charge in [0.05, 0.1) is 29.8 Å². The third kappa shape index (κ3) is 6.59. The number of pyridine rings is 1. The van der Waals surface area contributed by atoms with E-state index in [2.05, 4.69) is 28.3 Å². The molecule has 208 valence electrons. The van der Waals surface area contributed by atoms with Crippen LogP contribution in [0.3, 0.4) is 0 Å². The summed E-state index contributed by atoms with van der Waals surface area (Å²) in [6, 6.07) is 12.5. The van der Waals surface area contributed by atoms with Gasteiger partial charge in [0, 0.05) is 11.6 Å². The smallest absolute Gasteiger partial charge is 0.357 e. The van der Waals surface area contributed by atoms with Crippen molar-refractivity contribution in [2.75, 3.05) is 32.1 Å². The summed E-state index contributed by atoms with van der Waals surface area (Å²) >= 11 is 0. The highest BCUT2D eigenvalue weighted by Gasteiger charge is 2.35. The number of hydrogen-bond donors (Lipinski definition) is 2. The van der Waals surface area contributed by atoms with Crippen molar-refractivity contribution in [2.45, 2.75) is 83.3 Å². The number of anilines is 1. The number of carbonyl (C=O) groups is 1. The van der Waals surface area contributed by atoms with Crippen molar-refractivity contribution in [3.8, 4) is 17.2 Å². The van der Waals surface area contributed by atoms with E-state index in [1.807, 2.05) is 38.1 Å². The lowest BCUT2D eigenvalue weighted by molar-refractivity contribution is 0.0519. The SMILES string of the molecule is CCOC(=O)c1cc(-c2ccc(C3(C#N)CCN(C)CC3)cc2)c(C(=N)OC(C)C)c(NC2CCCCC2)n1. The van der Waals surface area contributed by atoms with Gasteiger partial charge in [-0.1, -0.05) is 43.5 Å². The molecule has 8 nitrogen and oxygen atoms in total. The van der Waals surface area contributed by atoms with Crippen LogP contribution in [-0.2, 0) is 14.9 Å². The molecule has 0 atom stereocenters. The van der Waals surface area contributed by atoms with Crippen molar-refractivity contribution in [1.82, 2.24) is 9.88 Å². The Kier molecular flexibility index (Phi) is 9.24.